The van der Waals surface area contributed by atoms with Crippen molar-refractivity contribution in [2.75, 3.05) is 0 Å². The van der Waals surface area contributed by atoms with Gasteiger partial charge >= 0.3 is 5.97 Å². The van der Waals surface area contributed by atoms with Crippen LogP contribution in [0.4, 0.5) is 4.39 Å². The number of hydrogen-bond acceptors (Lipinski definition) is 1. The third-order valence-corrected chi connectivity index (χ3v) is 4.14. The van der Waals surface area contributed by atoms with Gasteiger partial charge in [0.2, 0.25) is 0 Å². The van der Waals surface area contributed by atoms with Crippen molar-refractivity contribution in [1.29, 1.82) is 0 Å². The standard InChI is InChI=1S/C14H15FO2/c15-12-10-4-2-1-3-9(10)5-6-11(12)14(7-8-14)13(16)17/h5-6H,1-4,7-8H2,(H,16,17). The minimum Gasteiger partial charge on any atom is -0.481 e. The van der Waals surface area contributed by atoms with E-state index in [-0.39, 0.29) is 5.82 Å². The van der Waals surface area contributed by atoms with Crippen molar-refractivity contribution in [3.05, 3.63) is 34.6 Å². The number of carboxylic acids is 1. The Balaban J connectivity index is 2.10. The number of benzene rings is 1. The number of hydrogen-bond donors (Lipinski definition) is 1. The quantitative estimate of drug-likeness (QED) is 0.854. The van der Waals surface area contributed by atoms with Crippen molar-refractivity contribution < 1.29 is 14.3 Å². The molecule has 0 aromatic heterocycles. The molecule has 3 rings (SSSR count). The van der Waals surface area contributed by atoms with E-state index in [0.29, 0.717) is 18.4 Å². The molecular formula is C14H15FO2. The monoisotopic (exact) mass is 234 g/mol. The molecule has 0 bridgehead atoms. The molecule has 0 aliphatic heterocycles. The number of halogens is 1. The van der Waals surface area contributed by atoms with Crippen LogP contribution in [0, 0.1) is 5.82 Å². The first-order valence-electron chi connectivity index (χ1n) is 6.19. The SMILES string of the molecule is O=C(O)C1(c2ccc3c(c2F)CCCC3)CC1. The summed E-state index contributed by atoms with van der Waals surface area (Å²) in [7, 11) is 0. The molecule has 1 fully saturated rings. The highest BCUT2D eigenvalue weighted by molar-refractivity contribution is 5.85. The highest BCUT2D eigenvalue weighted by Gasteiger charge is 2.53. The maximum atomic E-state index is 14.4. The fourth-order valence-corrected chi connectivity index (χ4v) is 2.88. The summed E-state index contributed by atoms with van der Waals surface area (Å²) >= 11 is 0. The van der Waals surface area contributed by atoms with Crippen molar-refractivity contribution in [2.24, 2.45) is 0 Å². The van der Waals surface area contributed by atoms with Gasteiger partial charge in [-0.2, -0.15) is 0 Å². The molecule has 1 saturated carbocycles. The van der Waals surface area contributed by atoms with Crippen molar-refractivity contribution in [2.45, 2.75) is 43.9 Å². The minimum absolute atomic E-state index is 0.248. The van der Waals surface area contributed by atoms with Crippen LogP contribution in [0.25, 0.3) is 0 Å². The van der Waals surface area contributed by atoms with E-state index in [0.717, 1.165) is 36.8 Å². The van der Waals surface area contributed by atoms with Crippen LogP contribution in [0.3, 0.4) is 0 Å². The number of rotatable bonds is 2. The number of carbonyl (C=O) groups is 1. The average molecular weight is 234 g/mol. The second kappa shape index (κ2) is 3.56. The number of aryl methyl sites for hydroxylation is 1. The maximum Gasteiger partial charge on any atom is 0.314 e. The van der Waals surface area contributed by atoms with Gasteiger partial charge in [0, 0.05) is 5.56 Å². The van der Waals surface area contributed by atoms with Gasteiger partial charge in [-0.3, -0.25) is 4.79 Å². The van der Waals surface area contributed by atoms with E-state index in [1.165, 1.54) is 0 Å². The number of aliphatic carboxylic acids is 1. The van der Waals surface area contributed by atoms with Gasteiger partial charge in [-0.25, -0.2) is 4.39 Å². The van der Waals surface area contributed by atoms with Gasteiger partial charge < -0.3 is 5.11 Å². The van der Waals surface area contributed by atoms with Gasteiger partial charge in [0.1, 0.15) is 5.82 Å². The van der Waals surface area contributed by atoms with Gasteiger partial charge in [-0.15, -0.1) is 0 Å². The van der Waals surface area contributed by atoms with E-state index < -0.39 is 11.4 Å². The molecule has 0 radical (unpaired) electrons. The molecule has 1 N–H and O–H groups in total. The Bertz CT molecular complexity index is 489. The van der Waals surface area contributed by atoms with Crippen LogP contribution in [0.1, 0.15) is 42.4 Å². The summed E-state index contributed by atoms with van der Waals surface area (Å²) < 4.78 is 14.4. The number of carboxylic acid groups (broad SMARTS) is 1. The summed E-state index contributed by atoms with van der Waals surface area (Å²) in [6, 6.07) is 3.62. The molecule has 0 saturated heterocycles. The molecule has 0 heterocycles. The van der Waals surface area contributed by atoms with Crippen molar-refractivity contribution in [3.8, 4) is 0 Å². The lowest BCUT2D eigenvalue weighted by molar-refractivity contribution is -0.140. The van der Waals surface area contributed by atoms with Gasteiger partial charge in [0.25, 0.3) is 0 Å². The van der Waals surface area contributed by atoms with Gasteiger partial charge in [0.05, 0.1) is 5.41 Å². The van der Waals surface area contributed by atoms with E-state index in [2.05, 4.69) is 0 Å². The molecule has 0 spiro atoms. The molecule has 90 valence electrons. The molecule has 2 aliphatic rings. The predicted molar refractivity (Wildman–Crippen MR) is 61.6 cm³/mol. The summed E-state index contributed by atoms with van der Waals surface area (Å²) in [4.78, 5) is 11.2. The third-order valence-electron chi connectivity index (χ3n) is 4.14. The van der Waals surface area contributed by atoms with Crippen LogP contribution >= 0.6 is 0 Å². The summed E-state index contributed by atoms with van der Waals surface area (Å²) in [5.41, 5.74) is 1.32. The highest BCUT2D eigenvalue weighted by atomic mass is 19.1. The molecule has 1 aromatic rings. The molecular weight excluding hydrogens is 219 g/mol. The highest BCUT2D eigenvalue weighted by Crippen LogP contribution is 2.50. The zero-order chi connectivity index (χ0) is 12.0. The third kappa shape index (κ3) is 1.48. The van der Waals surface area contributed by atoms with Crippen LogP contribution in [0.15, 0.2) is 12.1 Å². The lowest BCUT2D eigenvalue weighted by Gasteiger charge is -2.20. The van der Waals surface area contributed by atoms with E-state index in [9.17, 15) is 14.3 Å². The van der Waals surface area contributed by atoms with Gasteiger partial charge in [-0.1, -0.05) is 12.1 Å². The molecule has 17 heavy (non-hydrogen) atoms. The molecule has 1 aromatic carbocycles. The Morgan fingerprint density at radius 3 is 2.59 bits per heavy atom. The topological polar surface area (TPSA) is 37.3 Å². The summed E-state index contributed by atoms with van der Waals surface area (Å²) in [6.45, 7) is 0. The molecule has 2 aliphatic carbocycles. The Hall–Kier alpha value is -1.38. The first-order chi connectivity index (χ1) is 8.15. The van der Waals surface area contributed by atoms with Crippen molar-refractivity contribution in [3.63, 3.8) is 0 Å². The normalized spacial score (nSPS) is 20.8. The first-order valence-corrected chi connectivity index (χ1v) is 6.19. The van der Waals surface area contributed by atoms with Crippen LogP contribution < -0.4 is 0 Å². The summed E-state index contributed by atoms with van der Waals surface area (Å²) in [6.07, 6.45) is 4.93. The van der Waals surface area contributed by atoms with Crippen LogP contribution in [0.5, 0.6) is 0 Å². The molecule has 0 atom stereocenters. The van der Waals surface area contributed by atoms with E-state index in [4.69, 9.17) is 0 Å². The molecule has 2 nitrogen and oxygen atoms in total. The Labute approximate surface area is 99.5 Å². The largest absolute Gasteiger partial charge is 0.481 e. The van der Waals surface area contributed by atoms with Crippen molar-refractivity contribution >= 4 is 5.97 Å². The zero-order valence-corrected chi connectivity index (χ0v) is 9.63. The molecule has 3 heteroatoms. The zero-order valence-electron chi connectivity index (χ0n) is 9.63. The fraction of sp³-hybridized carbons (Fsp3) is 0.500. The Morgan fingerprint density at radius 1 is 1.24 bits per heavy atom. The molecule has 0 unspecified atom stereocenters. The van der Waals surface area contributed by atoms with Crippen LogP contribution in [-0.4, -0.2) is 11.1 Å². The van der Waals surface area contributed by atoms with E-state index >= 15 is 0 Å². The van der Waals surface area contributed by atoms with Crippen molar-refractivity contribution in [1.82, 2.24) is 0 Å². The Morgan fingerprint density at radius 2 is 1.94 bits per heavy atom. The first kappa shape index (κ1) is 10.8. The summed E-state index contributed by atoms with van der Waals surface area (Å²) in [5.74, 6) is -1.13. The predicted octanol–water partition coefficient (Wildman–Crippen LogP) is 2.82. The van der Waals surface area contributed by atoms with Gasteiger partial charge in [0.15, 0.2) is 0 Å². The minimum atomic E-state index is -0.920. The smallest absolute Gasteiger partial charge is 0.314 e. The lowest BCUT2D eigenvalue weighted by Crippen LogP contribution is -2.22. The van der Waals surface area contributed by atoms with E-state index in [1.54, 1.807) is 6.07 Å². The maximum absolute atomic E-state index is 14.4. The summed E-state index contributed by atoms with van der Waals surface area (Å²) in [5, 5.41) is 9.22. The second-order valence-electron chi connectivity index (χ2n) is 5.16. The Kier molecular flexibility index (Phi) is 2.25. The lowest BCUT2D eigenvalue weighted by atomic mass is 9.85. The second-order valence-corrected chi connectivity index (χ2v) is 5.16. The molecule has 0 amide bonds. The van der Waals surface area contributed by atoms with Crippen LogP contribution in [-0.2, 0) is 23.1 Å². The van der Waals surface area contributed by atoms with E-state index in [1.807, 2.05) is 6.07 Å². The average Bonchev–Trinajstić information content (AvgIpc) is 3.11. The van der Waals surface area contributed by atoms with Crippen LogP contribution in [0.2, 0.25) is 0 Å². The van der Waals surface area contributed by atoms with Gasteiger partial charge in [-0.05, 0) is 49.7 Å². The fourth-order valence-electron chi connectivity index (χ4n) is 2.88. The number of fused-ring (bicyclic) bond motifs is 1.